The van der Waals surface area contributed by atoms with E-state index in [4.69, 9.17) is 0 Å². The quantitative estimate of drug-likeness (QED) is 0.446. The highest BCUT2D eigenvalue weighted by molar-refractivity contribution is 7.38. The van der Waals surface area contributed by atoms with Gasteiger partial charge in [-0.1, -0.05) is 52.5 Å². The van der Waals surface area contributed by atoms with Gasteiger partial charge in [-0.2, -0.15) is 0 Å². The van der Waals surface area contributed by atoms with Crippen LogP contribution in [0.1, 0.15) is 75.7 Å². The van der Waals surface area contributed by atoms with Crippen molar-refractivity contribution in [1.29, 1.82) is 0 Å². The number of hydrogen-bond acceptors (Lipinski definition) is 0. The van der Waals surface area contributed by atoms with Gasteiger partial charge in [-0.3, -0.25) is 0 Å². The number of fused-ring (bicyclic) bond motifs is 1. The molecule has 0 amide bonds. The monoisotopic (exact) mass is 434 g/mol. The lowest BCUT2D eigenvalue weighted by molar-refractivity contribution is -0.0868. The van der Waals surface area contributed by atoms with E-state index in [1.54, 1.807) is 0 Å². The van der Waals surface area contributed by atoms with Gasteiger partial charge in [0.1, 0.15) is 0 Å². The lowest BCUT2D eigenvalue weighted by Gasteiger charge is -2.18. The molecule has 0 nitrogen and oxygen atoms in total. The average molecular weight is 435 g/mol. The molecule has 25 heavy (non-hydrogen) atoms. The van der Waals surface area contributed by atoms with E-state index in [2.05, 4.69) is 20.8 Å². The van der Waals surface area contributed by atoms with Crippen molar-refractivity contribution in [1.82, 2.24) is 0 Å². The zero-order valence-electron chi connectivity index (χ0n) is 15.0. The van der Waals surface area contributed by atoms with Crippen LogP contribution in [0.5, 0.6) is 0 Å². The SMILES string of the molecule is CC(C)(C)c1ccc2cc(C3CCCCCC3)[s+](C(F)(F)F)c2c1.[Br-]. The van der Waals surface area contributed by atoms with Crippen LogP contribution < -0.4 is 17.0 Å². The number of benzene rings is 1. The molecule has 1 atom stereocenters. The smallest absolute Gasteiger partial charge is 0.600 e. The Balaban J connectivity index is 0.00000225. The van der Waals surface area contributed by atoms with Gasteiger partial charge in [0.05, 0.1) is 10.5 Å². The fraction of sp³-hybridized carbons (Fsp3) is 0.600. The van der Waals surface area contributed by atoms with E-state index >= 15 is 0 Å². The van der Waals surface area contributed by atoms with Crippen molar-refractivity contribution < 1.29 is 30.2 Å². The van der Waals surface area contributed by atoms with E-state index in [-0.39, 0.29) is 28.3 Å². The van der Waals surface area contributed by atoms with Gasteiger partial charge in [-0.15, -0.1) is 13.2 Å². The summed E-state index contributed by atoms with van der Waals surface area (Å²) < 4.78 is 42.3. The third kappa shape index (κ3) is 4.41. The first-order valence-electron chi connectivity index (χ1n) is 8.85. The van der Waals surface area contributed by atoms with E-state index < -0.39 is 16.0 Å². The van der Waals surface area contributed by atoms with Crippen molar-refractivity contribution in [2.45, 2.75) is 76.1 Å². The van der Waals surface area contributed by atoms with Crippen molar-refractivity contribution >= 4 is 20.6 Å². The molecule has 1 unspecified atom stereocenters. The van der Waals surface area contributed by atoms with Gasteiger partial charge in [0, 0.05) is 23.4 Å². The lowest BCUT2D eigenvalue weighted by Crippen LogP contribution is -3.00. The molecule has 2 aromatic rings. The van der Waals surface area contributed by atoms with Gasteiger partial charge in [0.25, 0.3) is 0 Å². The van der Waals surface area contributed by atoms with Crippen molar-refractivity contribution in [3.8, 4) is 0 Å². The lowest BCUT2D eigenvalue weighted by atomic mass is 9.87. The molecule has 1 heterocycles. The van der Waals surface area contributed by atoms with Crippen molar-refractivity contribution in [2.24, 2.45) is 0 Å². The van der Waals surface area contributed by atoms with Crippen LogP contribution in [-0.2, 0) is 10.9 Å². The molecule has 5 heteroatoms. The Morgan fingerprint density at radius 1 is 0.920 bits per heavy atom. The minimum absolute atomic E-state index is 0. The zero-order valence-corrected chi connectivity index (χ0v) is 17.5. The van der Waals surface area contributed by atoms with Crippen LogP contribution in [0.2, 0.25) is 0 Å². The second-order valence-corrected chi connectivity index (χ2v) is 9.98. The first-order valence-corrected chi connectivity index (χ1v) is 10.1. The summed E-state index contributed by atoms with van der Waals surface area (Å²) >= 11 is 0. The van der Waals surface area contributed by atoms with Crippen LogP contribution >= 0.6 is 10.5 Å². The van der Waals surface area contributed by atoms with Gasteiger partial charge in [0.15, 0.2) is 9.58 Å². The summed E-state index contributed by atoms with van der Waals surface area (Å²) in [5.41, 5.74) is -3.33. The van der Waals surface area contributed by atoms with Gasteiger partial charge in [0.2, 0.25) is 0 Å². The number of halogens is 4. The third-order valence-corrected chi connectivity index (χ3v) is 7.30. The first kappa shape index (κ1) is 20.8. The van der Waals surface area contributed by atoms with Gasteiger partial charge in [-0.05, 0) is 29.9 Å². The Labute approximate surface area is 161 Å². The highest BCUT2D eigenvalue weighted by Crippen LogP contribution is 2.55. The Morgan fingerprint density at radius 2 is 1.52 bits per heavy atom. The maximum atomic E-state index is 13.9. The molecule has 3 rings (SSSR count). The van der Waals surface area contributed by atoms with E-state index in [1.165, 1.54) is 0 Å². The molecule has 140 valence electrons. The van der Waals surface area contributed by atoms with Crippen molar-refractivity contribution in [2.75, 3.05) is 0 Å². The summed E-state index contributed by atoms with van der Waals surface area (Å²) in [5, 5.41) is 0.780. The van der Waals surface area contributed by atoms with Crippen LogP contribution in [0.3, 0.4) is 0 Å². The summed E-state index contributed by atoms with van der Waals surface area (Å²) in [6.07, 6.45) is 6.24. The Morgan fingerprint density at radius 3 is 2.04 bits per heavy atom. The largest absolute Gasteiger partial charge is 1.00 e. The molecule has 1 saturated carbocycles. The average Bonchev–Trinajstić information content (AvgIpc) is 2.65. The van der Waals surface area contributed by atoms with E-state index in [9.17, 15) is 13.2 Å². The summed E-state index contributed by atoms with van der Waals surface area (Å²) in [6.45, 7) is 6.15. The van der Waals surface area contributed by atoms with E-state index in [0.29, 0.717) is 9.58 Å². The predicted molar refractivity (Wildman–Crippen MR) is 96.9 cm³/mol. The summed E-state index contributed by atoms with van der Waals surface area (Å²) in [5.74, 6) is 0.0999. The van der Waals surface area contributed by atoms with Gasteiger partial charge in [-0.25, -0.2) is 0 Å². The Bertz CT molecular complexity index is 717. The molecule has 1 aromatic carbocycles. The van der Waals surface area contributed by atoms with E-state index in [0.717, 1.165) is 49.5 Å². The Kier molecular flexibility index (Phi) is 6.31. The van der Waals surface area contributed by atoms with Gasteiger partial charge >= 0.3 is 5.51 Å². The molecule has 1 aromatic heterocycles. The highest BCUT2D eigenvalue weighted by atomic mass is 79.9. The fourth-order valence-electron chi connectivity index (χ4n) is 3.74. The number of hydrogen-bond donors (Lipinski definition) is 0. The Hall–Kier alpha value is -0.550. The molecule has 1 aliphatic carbocycles. The normalized spacial score (nSPS) is 18.1. The molecule has 0 aliphatic heterocycles. The van der Waals surface area contributed by atoms with Crippen LogP contribution in [0.15, 0.2) is 24.3 Å². The standard InChI is InChI=1S/C20H26F3S.BrH/c1-19(2,3)16-11-10-15-12-17(14-8-6-4-5-7-9-14)24(18(15)13-16)20(21,22)23;/h10-14H,4-9H2,1-3H3;1H/q+1;/p-1. The topological polar surface area (TPSA) is 0 Å². The van der Waals surface area contributed by atoms with Crippen LogP contribution in [0.4, 0.5) is 13.2 Å². The van der Waals surface area contributed by atoms with E-state index in [1.807, 2.05) is 24.3 Å². The third-order valence-electron chi connectivity index (χ3n) is 5.12. The second kappa shape index (κ2) is 7.59. The molecule has 0 radical (unpaired) electrons. The fourth-order valence-corrected chi connectivity index (χ4v) is 5.93. The van der Waals surface area contributed by atoms with Crippen molar-refractivity contribution in [3.63, 3.8) is 0 Å². The van der Waals surface area contributed by atoms with Crippen LogP contribution in [-0.4, -0.2) is 0 Å². The van der Waals surface area contributed by atoms with Crippen molar-refractivity contribution in [3.05, 3.63) is 34.7 Å². The van der Waals surface area contributed by atoms with Gasteiger partial charge < -0.3 is 17.0 Å². The van der Waals surface area contributed by atoms with Crippen LogP contribution in [0.25, 0.3) is 10.1 Å². The number of thiophene rings is 1. The first-order chi connectivity index (χ1) is 11.2. The summed E-state index contributed by atoms with van der Waals surface area (Å²) in [6, 6.07) is 7.55. The molecule has 0 N–H and O–H groups in total. The second-order valence-electron chi connectivity index (χ2n) is 7.99. The molecule has 1 fully saturated rings. The molecule has 0 spiro atoms. The molecular weight excluding hydrogens is 409 g/mol. The highest BCUT2D eigenvalue weighted by Gasteiger charge is 2.49. The number of alkyl halides is 3. The molecular formula is C20H26BrF3S. The maximum absolute atomic E-state index is 13.9. The number of rotatable bonds is 1. The summed E-state index contributed by atoms with van der Waals surface area (Å²) in [4.78, 5) is 0.644. The minimum Gasteiger partial charge on any atom is -1.00 e. The molecule has 0 bridgehead atoms. The molecule has 0 saturated heterocycles. The zero-order chi connectivity index (χ0) is 17.5. The predicted octanol–water partition coefficient (Wildman–Crippen LogP) is 4.80. The molecule has 1 aliphatic rings. The summed E-state index contributed by atoms with van der Waals surface area (Å²) in [7, 11) is -1.75. The minimum atomic E-state index is -4.18. The van der Waals surface area contributed by atoms with Crippen LogP contribution in [0, 0.1) is 0 Å². The maximum Gasteiger partial charge on any atom is 0.600 e.